The lowest BCUT2D eigenvalue weighted by atomic mass is 10.0. The average Bonchev–Trinajstić information content (AvgIpc) is 2.71. The molecule has 1 aliphatic rings. The number of hydrogen-bond donors (Lipinski definition) is 2. The number of halogens is 3. The van der Waals surface area contributed by atoms with Crippen LogP contribution in [0.3, 0.4) is 0 Å². The highest BCUT2D eigenvalue weighted by Gasteiger charge is 2.30. The van der Waals surface area contributed by atoms with Gasteiger partial charge in [0.1, 0.15) is 5.82 Å². The highest BCUT2D eigenvalue weighted by molar-refractivity contribution is 5.93. The van der Waals surface area contributed by atoms with E-state index in [9.17, 15) is 18.0 Å². The van der Waals surface area contributed by atoms with Crippen molar-refractivity contribution in [2.24, 2.45) is 11.7 Å². The zero-order chi connectivity index (χ0) is 13.3. The van der Waals surface area contributed by atoms with E-state index in [2.05, 4.69) is 5.32 Å². The first-order chi connectivity index (χ1) is 8.49. The Balaban J connectivity index is 2.16. The molecule has 0 bridgehead atoms. The van der Waals surface area contributed by atoms with Gasteiger partial charge in [0, 0.05) is 18.2 Å². The van der Waals surface area contributed by atoms with Gasteiger partial charge in [-0.1, -0.05) is 6.42 Å². The maximum atomic E-state index is 13.3. The second-order valence-corrected chi connectivity index (χ2v) is 4.44. The minimum Gasteiger partial charge on any atom is -0.327 e. The summed E-state index contributed by atoms with van der Waals surface area (Å²) in [5.41, 5.74) is 5.24. The predicted octanol–water partition coefficient (Wildman–Crippen LogP) is 2.17. The molecule has 0 heterocycles. The van der Waals surface area contributed by atoms with Gasteiger partial charge < -0.3 is 11.1 Å². The number of benzene rings is 1. The Morgan fingerprint density at radius 1 is 1.28 bits per heavy atom. The Labute approximate surface area is 102 Å². The quantitative estimate of drug-likeness (QED) is 0.799. The number of rotatable bonds is 2. The maximum absolute atomic E-state index is 13.3. The van der Waals surface area contributed by atoms with Crippen molar-refractivity contribution in [3.8, 4) is 0 Å². The molecule has 2 unspecified atom stereocenters. The SMILES string of the molecule is NC1CCCC1C(=O)Nc1cc(F)cc(F)c1F. The average molecular weight is 258 g/mol. The number of carbonyl (C=O) groups excluding carboxylic acids is 1. The molecule has 1 fully saturated rings. The van der Waals surface area contributed by atoms with Gasteiger partial charge in [-0.2, -0.15) is 0 Å². The predicted molar refractivity (Wildman–Crippen MR) is 60.3 cm³/mol. The maximum Gasteiger partial charge on any atom is 0.229 e. The molecule has 0 saturated heterocycles. The van der Waals surface area contributed by atoms with Crippen LogP contribution in [0.15, 0.2) is 12.1 Å². The van der Waals surface area contributed by atoms with Gasteiger partial charge in [-0.25, -0.2) is 13.2 Å². The Morgan fingerprint density at radius 2 is 2.00 bits per heavy atom. The fourth-order valence-electron chi connectivity index (χ4n) is 2.19. The fraction of sp³-hybridized carbons (Fsp3) is 0.417. The summed E-state index contributed by atoms with van der Waals surface area (Å²) in [7, 11) is 0. The summed E-state index contributed by atoms with van der Waals surface area (Å²) in [6, 6.07) is 0.884. The van der Waals surface area contributed by atoms with Crippen LogP contribution < -0.4 is 11.1 Å². The number of hydrogen-bond acceptors (Lipinski definition) is 2. The van der Waals surface area contributed by atoms with E-state index in [0.29, 0.717) is 12.5 Å². The van der Waals surface area contributed by atoms with E-state index in [4.69, 9.17) is 5.73 Å². The van der Waals surface area contributed by atoms with Gasteiger partial charge >= 0.3 is 0 Å². The van der Waals surface area contributed by atoms with Crippen LogP contribution in [-0.4, -0.2) is 11.9 Å². The first-order valence-electron chi connectivity index (χ1n) is 5.70. The highest BCUT2D eigenvalue weighted by Crippen LogP contribution is 2.26. The van der Waals surface area contributed by atoms with Gasteiger partial charge in [0.2, 0.25) is 5.91 Å². The third kappa shape index (κ3) is 2.48. The summed E-state index contributed by atoms with van der Waals surface area (Å²) in [6.45, 7) is 0. The third-order valence-corrected chi connectivity index (χ3v) is 3.16. The van der Waals surface area contributed by atoms with Gasteiger partial charge in [-0.15, -0.1) is 0 Å². The molecule has 0 radical (unpaired) electrons. The lowest BCUT2D eigenvalue weighted by molar-refractivity contribution is -0.120. The van der Waals surface area contributed by atoms with Gasteiger partial charge in [0.15, 0.2) is 11.6 Å². The van der Waals surface area contributed by atoms with Crippen LogP contribution in [0.5, 0.6) is 0 Å². The van der Waals surface area contributed by atoms with Crippen molar-refractivity contribution in [2.45, 2.75) is 25.3 Å². The zero-order valence-electron chi connectivity index (χ0n) is 9.55. The van der Waals surface area contributed by atoms with Gasteiger partial charge in [-0.3, -0.25) is 4.79 Å². The lowest BCUT2D eigenvalue weighted by Gasteiger charge is -2.15. The molecule has 1 aliphatic carbocycles. The summed E-state index contributed by atoms with van der Waals surface area (Å²) in [4.78, 5) is 11.8. The van der Waals surface area contributed by atoms with Crippen molar-refractivity contribution in [1.29, 1.82) is 0 Å². The second-order valence-electron chi connectivity index (χ2n) is 4.44. The molecule has 3 N–H and O–H groups in total. The highest BCUT2D eigenvalue weighted by atomic mass is 19.2. The van der Waals surface area contributed by atoms with Crippen molar-refractivity contribution in [3.63, 3.8) is 0 Å². The standard InChI is InChI=1S/C12H13F3N2O/c13-6-4-8(14)11(15)10(5-6)17-12(18)7-2-1-3-9(7)16/h4-5,7,9H,1-3,16H2,(H,17,18). The fourth-order valence-corrected chi connectivity index (χ4v) is 2.19. The number of nitrogens with one attached hydrogen (secondary N) is 1. The van der Waals surface area contributed by atoms with Crippen molar-refractivity contribution < 1.29 is 18.0 Å². The van der Waals surface area contributed by atoms with Crippen LogP contribution in [0, 0.1) is 23.4 Å². The second kappa shape index (κ2) is 4.97. The van der Waals surface area contributed by atoms with Crippen LogP contribution in [0.4, 0.5) is 18.9 Å². The minimum absolute atomic E-state index is 0.286. The molecule has 1 saturated carbocycles. The molecule has 0 aromatic heterocycles. The van der Waals surface area contributed by atoms with E-state index < -0.39 is 35.0 Å². The van der Waals surface area contributed by atoms with E-state index in [1.54, 1.807) is 0 Å². The van der Waals surface area contributed by atoms with Crippen molar-refractivity contribution in [1.82, 2.24) is 0 Å². The Hall–Kier alpha value is -1.56. The molecule has 98 valence electrons. The summed E-state index contributed by atoms with van der Waals surface area (Å²) >= 11 is 0. The Morgan fingerprint density at radius 3 is 2.61 bits per heavy atom. The molecule has 0 aliphatic heterocycles. The largest absolute Gasteiger partial charge is 0.327 e. The monoisotopic (exact) mass is 258 g/mol. The summed E-state index contributed by atoms with van der Waals surface area (Å²) in [5.74, 6) is -4.48. The molecule has 6 heteroatoms. The molecular formula is C12H13F3N2O. The van der Waals surface area contributed by atoms with E-state index in [0.717, 1.165) is 18.9 Å². The van der Waals surface area contributed by atoms with E-state index in [-0.39, 0.29) is 6.04 Å². The first kappa shape index (κ1) is 12.9. The van der Waals surface area contributed by atoms with E-state index in [1.165, 1.54) is 0 Å². The normalized spacial score (nSPS) is 23.1. The molecule has 18 heavy (non-hydrogen) atoms. The molecule has 1 aromatic rings. The smallest absolute Gasteiger partial charge is 0.229 e. The molecule has 0 spiro atoms. The molecular weight excluding hydrogens is 245 g/mol. The van der Waals surface area contributed by atoms with Crippen molar-refractivity contribution >= 4 is 11.6 Å². The van der Waals surface area contributed by atoms with E-state index >= 15 is 0 Å². The molecule has 2 atom stereocenters. The molecule has 2 rings (SSSR count). The van der Waals surface area contributed by atoms with E-state index in [1.807, 2.05) is 0 Å². The van der Waals surface area contributed by atoms with Crippen molar-refractivity contribution in [2.75, 3.05) is 5.32 Å². The van der Waals surface area contributed by atoms with Crippen LogP contribution >= 0.6 is 0 Å². The van der Waals surface area contributed by atoms with Crippen LogP contribution in [-0.2, 0) is 4.79 Å². The molecule has 1 aromatic carbocycles. The Bertz CT molecular complexity index is 479. The number of amides is 1. The molecule has 1 amide bonds. The number of nitrogens with two attached hydrogens (primary N) is 1. The number of anilines is 1. The van der Waals surface area contributed by atoms with Gasteiger partial charge in [0.05, 0.1) is 11.6 Å². The molecule has 3 nitrogen and oxygen atoms in total. The van der Waals surface area contributed by atoms with Crippen LogP contribution in [0.25, 0.3) is 0 Å². The van der Waals surface area contributed by atoms with Gasteiger partial charge in [0.25, 0.3) is 0 Å². The van der Waals surface area contributed by atoms with Crippen LogP contribution in [0.1, 0.15) is 19.3 Å². The third-order valence-electron chi connectivity index (χ3n) is 3.16. The number of carbonyl (C=O) groups is 1. The summed E-state index contributed by atoms with van der Waals surface area (Å²) < 4.78 is 39.2. The Kier molecular flexibility index (Phi) is 3.56. The minimum atomic E-state index is -1.33. The first-order valence-corrected chi connectivity index (χ1v) is 5.70. The summed E-state index contributed by atoms with van der Waals surface area (Å²) in [5, 5.41) is 2.19. The zero-order valence-corrected chi connectivity index (χ0v) is 9.55. The van der Waals surface area contributed by atoms with Crippen LogP contribution in [0.2, 0.25) is 0 Å². The topological polar surface area (TPSA) is 55.1 Å². The lowest BCUT2D eigenvalue weighted by Crippen LogP contribution is -2.34. The van der Waals surface area contributed by atoms with Gasteiger partial charge in [-0.05, 0) is 12.8 Å². The summed E-state index contributed by atoms with van der Waals surface area (Å²) in [6.07, 6.45) is 2.14. The van der Waals surface area contributed by atoms with Crippen molar-refractivity contribution in [3.05, 3.63) is 29.6 Å².